The summed E-state index contributed by atoms with van der Waals surface area (Å²) in [6, 6.07) is 10.3. The van der Waals surface area contributed by atoms with Crippen LogP contribution >= 0.6 is 0 Å². The van der Waals surface area contributed by atoms with E-state index in [4.69, 9.17) is 0 Å². The summed E-state index contributed by atoms with van der Waals surface area (Å²) in [5.41, 5.74) is 1.29. The van der Waals surface area contributed by atoms with Crippen molar-refractivity contribution in [2.75, 3.05) is 13.1 Å². The summed E-state index contributed by atoms with van der Waals surface area (Å²) in [6.45, 7) is 1.56. The van der Waals surface area contributed by atoms with Crippen LogP contribution in [0, 0.1) is 0 Å². The van der Waals surface area contributed by atoms with Gasteiger partial charge in [-0.15, -0.1) is 10.2 Å². The van der Waals surface area contributed by atoms with Crippen molar-refractivity contribution in [2.45, 2.75) is 38.0 Å². The lowest BCUT2D eigenvalue weighted by atomic mass is 9.97. The van der Waals surface area contributed by atoms with Crippen LogP contribution in [0.2, 0.25) is 0 Å². The Morgan fingerprint density at radius 2 is 2.18 bits per heavy atom. The van der Waals surface area contributed by atoms with Crippen LogP contribution in [0.25, 0.3) is 0 Å². The van der Waals surface area contributed by atoms with Crippen molar-refractivity contribution in [3.63, 3.8) is 0 Å². The summed E-state index contributed by atoms with van der Waals surface area (Å²) in [4.78, 5) is 14.3. The maximum absolute atomic E-state index is 12.4. The lowest BCUT2D eigenvalue weighted by Gasteiger charge is -2.31. The van der Waals surface area contributed by atoms with Gasteiger partial charge in [0.2, 0.25) is 5.91 Å². The number of likely N-dealkylation sites (tertiary alicyclic amines) is 1. The van der Waals surface area contributed by atoms with Crippen LogP contribution in [0.5, 0.6) is 0 Å². The van der Waals surface area contributed by atoms with E-state index in [1.54, 1.807) is 0 Å². The number of rotatable bonds is 5. The first-order valence-corrected chi connectivity index (χ1v) is 7.88. The van der Waals surface area contributed by atoms with E-state index in [9.17, 15) is 4.79 Å². The molecule has 1 aromatic carbocycles. The average molecular weight is 299 g/mol. The molecule has 1 N–H and O–H groups in total. The molecule has 1 saturated heterocycles. The fraction of sp³-hybridized carbons (Fsp3) is 0.500. The number of piperidine rings is 1. The molecule has 2 heterocycles. The number of hydrogen-bond donors (Lipinski definition) is 1. The minimum absolute atomic E-state index is 0.213. The SMILES string of the molecule is O=C(CCCc1ccccc1)N1CCCC(c2nn[nH]n2)C1. The molecular weight excluding hydrogens is 278 g/mol. The van der Waals surface area contributed by atoms with Gasteiger partial charge >= 0.3 is 0 Å². The number of H-pyrrole nitrogens is 1. The molecule has 6 nitrogen and oxygen atoms in total. The molecule has 1 aliphatic rings. The van der Waals surface area contributed by atoms with Crippen LogP contribution in [-0.2, 0) is 11.2 Å². The molecular formula is C16H21N5O. The molecule has 0 spiro atoms. The highest BCUT2D eigenvalue weighted by Gasteiger charge is 2.26. The second-order valence-electron chi connectivity index (χ2n) is 5.79. The van der Waals surface area contributed by atoms with Gasteiger partial charge in [0.05, 0.1) is 0 Å². The molecule has 116 valence electrons. The van der Waals surface area contributed by atoms with Crippen LogP contribution in [0.4, 0.5) is 0 Å². The lowest BCUT2D eigenvalue weighted by Crippen LogP contribution is -2.39. The number of benzene rings is 1. The molecule has 0 bridgehead atoms. The summed E-state index contributed by atoms with van der Waals surface area (Å²) < 4.78 is 0. The van der Waals surface area contributed by atoms with Crippen LogP contribution in [0.1, 0.15) is 43.0 Å². The Bertz CT molecular complexity index is 584. The predicted molar refractivity (Wildman–Crippen MR) is 82.1 cm³/mol. The number of carbonyl (C=O) groups excluding carboxylic acids is 1. The monoisotopic (exact) mass is 299 g/mol. The Kier molecular flexibility index (Phi) is 4.78. The Balaban J connectivity index is 1.47. The Labute approximate surface area is 129 Å². The number of nitrogens with one attached hydrogen (secondary N) is 1. The number of aromatic nitrogens is 4. The van der Waals surface area contributed by atoms with Crippen molar-refractivity contribution in [2.24, 2.45) is 0 Å². The fourth-order valence-corrected chi connectivity index (χ4v) is 3.00. The topological polar surface area (TPSA) is 74.8 Å². The van der Waals surface area contributed by atoms with Gasteiger partial charge in [0.15, 0.2) is 5.82 Å². The summed E-state index contributed by atoms with van der Waals surface area (Å²) in [5.74, 6) is 1.18. The van der Waals surface area contributed by atoms with E-state index in [1.807, 2.05) is 23.1 Å². The van der Waals surface area contributed by atoms with Crippen molar-refractivity contribution < 1.29 is 4.79 Å². The molecule has 22 heavy (non-hydrogen) atoms. The molecule has 1 unspecified atom stereocenters. The molecule has 1 atom stereocenters. The van der Waals surface area contributed by atoms with Crippen molar-refractivity contribution in [3.05, 3.63) is 41.7 Å². The highest BCUT2D eigenvalue weighted by Crippen LogP contribution is 2.24. The first-order valence-electron chi connectivity index (χ1n) is 7.88. The van der Waals surface area contributed by atoms with E-state index in [0.29, 0.717) is 13.0 Å². The van der Waals surface area contributed by atoms with Crippen LogP contribution in [-0.4, -0.2) is 44.5 Å². The highest BCUT2D eigenvalue weighted by atomic mass is 16.2. The Morgan fingerprint density at radius 1 is 1.32 bits per heavy atom. The summed E-state index contributed by atoms with van der Waals surface area (Å²) in [5, 5.41) is 14.2. The number of hydrogen-bond acceptors (Lipinski definition) is 4. The van der Waals surface area contributed by atoms with Crippen molar-refractivity contribution in [3.8, 4) is 0 Å². The van der Waals surface area contributed by atoms with E-state index in [-0.39, 0.29) is 11.8 Å². The van der Waals surface area contributed by atoms with E-state index >= 15 is 0 Å². The van der Waals surface area contributed by atoms with Crippen LogP contribution in [0.15, 0.2) is 30.3 Å². The van der Waals surface area contributed by atoms with E-state index < -0.39 is 0 Å². The van der Waals surface area contributed by atoms with Gasteiger partial charge in [-0.3, -0.25) is 4.79 Å². The first kappa shape index (κ1) is 14.7. The minimum atomic E-state index is 0.213. The number of aromatic amines is 1. The van der Waals surface area contributed by atoms with Gasteiger partial charge in [0.25, 0.3) is 0 Å². The molecule has 0 aliphatic carbocycles. The van der Waals surface area contributed by atoms with Gasteiger partial charge in [0.1, 0.15) is 0 Å². The third kappa shape index (κ3) is 3.69. The summed E-state index contributed by atoms with van der Waals surface area (Å²) in [7, 11) is 0. The molecule has 1 aliphatic heterocycles. The zero-order valence-electron chi connectivity index (χ0n) is 12.6. The minimum Gasteiger partial charge on any atom is -0.342 e. The van der Waals surface area contributed by atoms with Gasteiger partial charge in [-0.1, -0.05) is 35.5 Å². The second kappa shape index (κ2) is 7.15. The standard InChI is InChI=1S/C16H21N5O/c22-15(10-4-8-13-6-2-1-3-7-13)21-11-5-9-14(12-21)16-17-19-20-18-16/h1-3,6-7,14H,4-5,8-12H2,(H,17,18,19,20). The molecule has 0 radical (unpaired) electrons. The van der Waals surface area contributed by atoms with E-state index in [1.165, 1.54) is 5.56 Å². The third-order valence-corrected chi connectivity index (χ3v) is 4.20. The summed E-state index contributed by atoms with van der Waals surface area (Å²) >= 11 is 0. The number of nitrogens with zero attached hydrogens (tertiary/aromatic N) is 4. The Hall–Kier alpha value is -2.24. The van der Waals surface area contributed by atoms with Gasteiger partial charge < -0.3 is 4.90 Å². The fourth-order valence-electron chi connectivity index (χ4n) is 3.00. The molecule has 2 aromatic rings. The number of aryl methyl sites for hydroxylation is 1. The van der Waals surface area contributed by atoms with Crippen molar-refractivity contribution in [1.82, 2.24) is 25.5 Å². The van der Waals surface area contributed by atoms with E-state index in [2.05, 4.69) is 32.8 Å². The van der Waals surface area contributed by atoms with Gasteiger partial charge in [-0.05, 0) is 31.2 Å². The quantitative estimate of drug-likeness (QED) is 0.915. The predicted octanol–water partition coefficient (Wildman–Crippen LogP) is 1.93. The largest absolute Gasteiger partial charge is 0.342 e. The number of carbonyl (C=O) groups is 1. The number of tetrazole rings is 1. The zero-order chi connectivity index (χ0) is 15.2. The van der Waals surface area contributed by atoms with Gasteiger partial charge in [0, 0.05) is 25.4 Å². The molecule has 1 fully saturated rings. The molecule has 1 amide bonds. The van der Waals surface area contributed by atoms with Crippen molar-refractivity contribution in [1.29, 1.82) is 0 Å². The smallest absolute Gasteiger partial charge is 0.222 e. The first-order chi connectivity index (χ1) is 10.8. The molecule has 6 heteroatoms. The van der Waals surface area contributed by atoms with Crippen molar-refractivity contribution >= 4 is 5.91 Å². The summed E-state index contributed by atoms with van der Waals surface area (Å²) in [6.07, 6.45) is 4.48. The molecule has 1 aromatic heterocycles. The number of amides is 1. The molecule has 0 saturated carbocycles. The maximum Gasteiger partial charge on any atom is 0.222 e. The van der Waals surface area contributed by atoms with Gasteiger partial charge in [-0.25, -0.2) is 0 Å². The van der Waals surface area contributed by atoms with Crippen LogP contribution < -0.4 is 0 Å². The Morgan fingerprint density at radius 3 is 2.95 bits per heavy atom. The maximum atomic E-state index is 12.4. The molecule has 3 rings (SSSR count). The second-order valence-corrected chi connectivity index (χ2v) is 5.79. The van der Waals surface area contributed by atoms with Gasteiger partial charge in [-0.2, -0.15) is 5.21 Å². The normalized spacial score (nSPS) is 18.4. The lowest BCUT2D eigenvalue weighted by molar-refractivity contribution is -0.132. The average Bonchev–Trinajstić information content (AvgIpc) is 3.10. The third-order valence-electron chi connectivity index (χ3n) is 4.20. The highest BCUT2D eigenvalue weighted by molar-refractivity contribution is 5.76. The van der Waals surface area contributed by atoms with E-state index in [0.717, 1.165) is 38.1 Å². The zero-order valence-corrected chi connectivity index (χ0v) is 12.6. The van der Waals surface area contributed by atoms with Crippen LogP contribution in [0.3, 0.4) is 0 Å².